The summed E-state index contributed by atoms with van der Waals surface area (Å²) in [5.74, 6) is 0.430. The predicted octanol–water partition coefficient (Wildman–Crippen LogP) is 3.16. The van der Waals surface area contributed by atoms with Gasteiger partial charge in [0.25, 0.3) is 0 Å². The SMILES string of the molecule is CC1CCCCCN1Cc1ccccc1O. The quantitative estimate of drug-likeness (QED) is 0.826. The van der Waals surface area contributed by atoms with E-state index in [0.717, 1.165) is 18.7 Å². The average Bonchev–Trinajstić information content (AvgIpc) is 2.48. The van der Waals surface area contributed by atoms with Crippen molar-refractivity contribution in [3.8, 4) is 5.75 Å². The molecule has 0 radical (unpaired) electrons. The summed E-state index contributed by atoms with van der Waals surface area (Å²) < 4.78 is 0. The molecule has 1 aromatic rings. The first-order valence-corrected chi connectivity index (χ1v) is 6.28. The van der Waals surface area contributed by atoms with Crippen molar-refractivity contribution in [3.05, 3.63) is 29.8 Å². The van der Waals surface area contributed by atoms with Gasteiger partial charge in [-0.15, -0.1) is 0 Å². The van der Waals surface area contributed by atoms with Gasteiger partial charge >= 0.3 is 0 Å². The van der Waals surface area contributed by atoms with E-state index < -0.39 is 0 Å². The monoisotopic (exact) mass is 219 g/mol. The molecule has 1 aliphatic heterocycles. The molecular formula is C14H21NO. The molecule has 0 aromatic heterocycles. The molecule has 1 saturated heterocycles. The van der Waals surface area contributed by atoms with Crippen molar-refractivity contribution in [1.82, 2.24) is 4.90 Å². The Morgan fingerprint density at radius 1 is 1.25 bits per heavy atom. The van der Waals surface area contributed by atoms with E-state index in [1.165, 1.54) is 25.7 Å². The topological polar surface area (TPSA) is 23.5 Å². The molecule has 1 unspecified atom stereocenters. The van der Waals surface area contributed by atoms with Crippen LogP contribution in [-0.2, 0) is 6.54 Å². The first-order chi connectivity index (χ1) is 7.77. The van der Waals surface area contributed by atoms with E-state index >= 15 is 0 Å². The lowest BCUT2D eigenvalue weighted by molar-refractivity contribution is 0.202. The maximum atomic E-state index is 9.77. The molecule has 0 saturated carbocycles. The zero-order chi connectivity index (χ0) is 11.4. The number of benzene rings is 1. The summed E-state index contributed by atoms with van der Waals surface area (Å²) in [6, 6.07) is 8.31. The van der Waals surface area contributed by atoms with Crippen LogP contribution in [0.3, 0.4) is 0 Å². The van der Waals surface area contributed by atoms with Gasteiger partial charge in [0.05, 0.1) is 0 Å². The second-order valence-corrected chi connectivity index (χ2v) is 4.80. The zero-order valence-corrected chi connectivity index (χ0v) is 10.0. The summed E-state index contributed by atoms with van der Waals surface area (Å²) in [6.45, 7) is 4.34. The Kier molecular flexibility index (Phi) is 3.83. The molecule has 1 fully saturated rings. The zero-order valence-electron chi connectivity index (χ0n) is 10.0. The van der Waals surface area contributed by atoms with Crippen molar-refractivity contribution < 1.29 is 5.11 Å². The fraction of sp³-hybridized carbons (Fsp3) is 0.571. The second-order valence-electron chi connectivity index (χ2n) is 4.80. The van der Waals surface area contributed by atoms with Gasteiger partial charge in [0, 0.05) is 18.2 Å². The maximum Gasteiger partial charge on any atom is 0.120 e. The number of likely N-dealkylation sites (tertiary alicyclic amines) is 1. The number of rotatable bonds is 2. The van der Waals surface area contributed by atoms with Gasteiger partial charge in [0.1, 0.15) is 5.75 Å². The molecule has 0 bridgehead atoms. The number of hydrogen-bond donors (Lipinski definition) is 1. The van der Waals surface area contributed by atoms with E-state index in [-0.39, 0.29) is 0 Å². The van der Waals surface area contributed by atoms with E-state index in [1.54, 1.807) is 6.07 Å². The Labute approximate surface area is 97.9 Å². The van der Waals surface area contributed by atoms with Gasteiger partial charge in [0.2, 0.25) is 0 Å². The summed E-state index contributed by atoms with van der Waals surface area (Å²) in [6.07, 6.45) is 5.27. The third-order valence-electron chi connectivity index (χ3n) is 3.56. The Balaban J connectivity index is 2.05. The molecule has 88 valence electrons. The molecule has 1 N–H and O–H groups in total. The molecule has 0 aliphatic carbocycles. The van der Waals surface area contributed by atoms with Crippen LogP contribution in [-0.4, -0.2) is 22.6 Å². The summed E-state index contributed by atoms with van der Waals surface area (Å²) in [7, 11) is 0. The van der Waals surface area contributed by atoms with Crippen molar-refractivity contribution >= 4 is 0 Å². The lowest BCUT2D eigenvalue weighted by atomic mass is 10.1. The van der Waals surface area contributed by atoms with Gasteiger partial charge in [-0.1, -0.05) is 31.0 Å². The highest BCUT2D eigenvalue weighted by molar-refractivity contribution is 5.31. The van der Waals surface area contributed by atoms with Crippen molar-refractivity contribution in [2.45, 2.75) is 45.2 Å². The average molecular weight is 219 g/mol. The maximum absolute atomic E-state index is 9.77. The van der Waals surface area contributed by atoms with Crippen LogP contribution < -0.4 is 0 Å². The molecule has 0 spiro atoms. The normalized spacial score (nSPS) is 22.9. The fourth-order valence-electron chi connectivity index (χ4n) is 2.43. The number of para-hydroxylation sites is 1. The van der Waals surface area contributed by atoms with E-state index in [4.69, 9.17) is 0 Å². The molecule has 1 heterocycles. The second kappa shape index (κ2) is 5.35. The number of nitrogens with zero attached hydrogens (tertiary/aromatic N) is 1. The number of phenolic OH excluding ortho intramolecular Hbond substituents is 1. The largest absolute Gasteiger partial charge is 0.508 e. The van der Waals surface area contributed by atoms with E-state index in [9.17, 15) is 5.11 Å². The highest BCUT2D eigenvalue weighted by Crippen LogP contribution is 2.22. The van der Waals surface area contributed by atoms with Gasteiger partial charge in [-0.05, 0) is 32.4 Å². The summed E-state index contributed by atoms with van der Waals surface area (Å²) >= 11 is 0. The van der Waals surface area contributed by atoms with Crippen molar-refractivity contribution in [3.63, 3.8) is 0 Å². The fourth-order valence-corrected chi connectivity index (χ4v) is 2.43. The Bertz CT molecular complexity index is 337. The van der Waals surface area contributed by atoms with Gasteiger partial charge in [-0.25, -0.2) is 0 Å². The van der Waals surface area contributed by atoms with Gasteiger partial charge in [-0.3, -0.25) is 4.90 Å². The summed E-state index contributed by atoms with van der Waals surface area (Å²) in [5, 5.41) is 9.77. The Morgan fingerprint density at radius 3 is 2.88 bits per heavy atom. The van der Waals surface area contributed by atoms with E-state index in [1.807, 2.05) is 18.2 Å². The van der Waals surface area contributed by atoms with Gasteiger partial charge in [0.15, 0.2) is 0 Å². The first kappa shape index (κ1) is 11.5. The van der Waals surface area contributed by atoms with Crippen LogP contribution in [0.4, 0.5) is 0 Å². The minimum Gasteiger partial charge on any atom is -0.508 e. The number of aromatic hydroxyl groups is 1. The summed E-state index contributed by atoms with van der Waals surface area (Å²) in [5.41, 5.74) is 1.05. The third-order valence-corrected chi connectivity index (χ3v) is 3.56. The number of phenols is 1. The van der Waals surface area contributed by atoms with Crippen LogP contribution >= 0.6 is 0 Å². The lowest BCUT2D eigenvalue weighted by Gasteiger charge is -2.27. The molecule has 1 atom stereocenters. The lowest BCUT2D eigenvalue weighted by Crippen LogP contribution is -2.31. The molecule has 1 aliphatic rings. The van der Waals surface area contributed by atoms with Crippen LogP contribution in [0.5, 0.6) is 5.75 Å². The Hall–Kier alpha value is -1.02. The summed E-state index contributed by atoms with van der Waals surface area (Å²) in [4.78, 5) is 2.49. The predicted molar refractivity (Wildman–Crippen MR) is 66.4 cm³/mol. The van der Waals surface area contributed by atoms with Crippen molar-refractivity contribution in [1.29, 1.82) is 0 Å². The standard InChI is InChI=1S/C14H21NO/c1-12-7-3-2-6-10-15(12)11-13-8-4-5-9-14(13)16/h4-5,8-9,12,16H,2-3,6-7,10-11H2,1H3. The van der Waals surface area contributed by atoms with Crippen LogP contribution in [0, 0.1) is 0 Å². The van der Waals surface area contributed by atoms with Gasteiger partial charge in [-0.2, -0.15) is 0 Å². The molecular weight excluding hydrogens is 198 g/mol. The van der Waals surface area contributed by atoms with Gasteiger partial charge < -0.3 is 5.11 Å². The van der Waals surface area contributed by atoms with Crippen LogP contribution in [0.15, 0.2) is 24.3 Å². The number of hydrogen-bond acceptors (Lipinski definition) is 2. The third kappa shape index (κ3) is 2.76. The smallest absolute Gasteiger partial charge is 0.120 e. The van der Waals surface area contributed by atoms with E-state index in [2.05, 4.69) is 11.8 Å². The molecule has 2 heteroatoms. The molecule has 16 heavy (non-hydrogen) atoms. The highest BCUT2D eigenvalue weighted by atomic mass is 16.3. The van der Waals surface area contributed by atoms with E-state index in [0.29, 0.717) is 11.8 Å². The molecule has 2 rings (SSSR count). The Morgan fingerprint density at radius 2 is 2.06 bits per heavy atom. The minimum absolute atomic E-state index is 0.430. The van der Waals surface area contributed by atoms with Crippen molar-refractivity contribution in [2.75, 3.05) is 6.54 Å². The highest BCUT2D eigenvalue weighted by Gasteiger charge is 2.17. The molecule has 2 nitrogen and oxygen atoms in total. The molecule has 1 aromatic carbocycles. The molecule has 0 amide bonds. The first-order valence-electron chi connectivity index (χ1n) is 6.28. The van der Waals surface area contributed by atoms with Crippen LogP contribution in [0.25, 0.3) is 0 Å². The van der Waals surface area contributed by atoms with Crippen LogP contribution in [0.1, 0.15) is 38.2 Å². The van der Waals surface area contributed by atoms with Crippen molar-refractivity contribution in [2.24, 2.45) is 0 Å². The minimum atomic E-state index is 0.430. The van der Waals surface area contributed by atoms with Crippen LogP contribution in [0.2, 0.25) is 0 Å².